The van der Waals surface area contributed by atoms with Crippen molar-refractivity contribution in [2.45, 2.75) is 6.61 Å². The number of fused-ring (bicyclic) bond motifs is 1. The van der Waals surface area contributed by atoms with Crippen LogP contribution in [0.25, 0.3) is 16.5 Å². The predicted molar refractivity (Wildman–Crippen MR) is 105 cm³/mol. The summed E-state index contributed by atoms with van der Waals surface area (Å²) in [6.45, 7) is 0.323. The fraction of sp³-hybridized carbons (Fsp3) is 0.0526. The molecule has 1 N–H and O–H groups in total. The topological polar surface area (TPSA) is 42.8 Å². The van der Waals surface area contributed by atoms with Crippen LogP contribution in [0.1, 0.15) is 5.82 Å². The molecule has 0 saturated heterocycles. The van der Waals surface area contributed by atoms with Crippen molar-refractivity contribution < 1.29 is 4.74 Å². The summed E-state index contributed by atoms with van der Waals surface area (Å²) < 4.78 is 9.44. The van der Waals surface area contributed by atoms with Crippen molar-refractivity contribution in [1.29, 1.82) is 0 Å². The number of hydrogen-bond acceptors (Lipinski definition) is 3. The molecule has 0 radical (unpaired) electrons. The maximum absolute atomic E-state index is 5.94. The van der Waals surface area contributed by atoms with Gasteiger partial charge in [-0.2, -0.15) is 5.10 Å². The van der Waals surface area contributed by atoms with Crippen molar-refractivity contribution in [3.8, 4) is 11.4 Å². The van der Waals surface area contributed by atoms with E-state index >= 15 is 0 Å². The molecule has 25 heavy (non-hydrogen) atoms. The monoisotopic (exact) mass is 411 g/mol. The van der Waals surface area contributed by atoms with Gasteiger partial charge in [-0.05, 0) is 59.4 Å². The zero-order chi connectivity index (χ0) is 17.2. The van der Waals surface area contributed by atoms with E-state index in [1.165, 1.54) is 0 Å². The average molecular weight is 412 g/mol. The van der Waals surface area contributed by atoms with E-state index in [2.05, 4.69) is 38.3 Å². The molecule has 4 rings (SSSR count). The number of hydrogen-bond donors (Lipinski definition) is 1. The Balaban J connectivity index is 1.60. The summed E-state index contributed by atoms with van der Waals surface area (Å²) in [5.41, 5.74) is 0.961. The second kappa shape index (κ2) is 6.82. The van der Waals surface area contributed by atoms with E-state index in [-0.39, 0.29) is 0 Å². The van der Waals surface area contributed by atoms with E-state index in [0.29, 0.717) is 11.4 Å². The molecule has 4 aromatic rings. The number of benzene rings is 3. The third-order valence-electron chi connectivity index (χ3n) is 3.90. The molecule has 0 bridgehead atoms. The van der Waals surface area contributed by atoms with E-state index < -0.39 is 0 Å². The van der Waals surface area contributed by atoms with Crippen LogP contribution in [0.4, 0.5) is 0 Å². The third-order valence-corrected chi connectivity index (χ3v) is 4.67. The Morgan fingerprint density at radius 3 is 2.60 bits per heavy atom. The van der Waals surface area contributed by atoms with E-state index in [9.17, 15) is 0 Å². The van der Waals surface area contributed by atoms with Gasteiger partial charge in [-0.15, -0.1) is 0 Å². The SMILES string of the molecule is S=c1[nH]nc(COc2ccc3cc(Br)ccc3c2)n1-c1ccccc1. The maximum Gasteiger partial charge on any atom is 0.199 e. The Morgan fingerprint density at radius 1 is 1.00 bits per heavy atom. The van der Waals surface area contributed by atoms with E-state index in [1.807, 2.05) is 59.2 Å². The lowest BCUT2D eigenvalue weighted by Gasteiger charge is -2.09. The van der Waals surface area contributed by atoms with Crippen LogP contribution in [0, 0.1) is 4.77 Å². The minimum absolute atomic E-state index is 0.323. The number of halogens is 1. The Morgan fingerprint density at radius 2 is 1.76 bits per heavy atom. The van der Waals surface area contributed by atoms with Crippen LogP contribution in [0.3, 0.4) is 0 Å². The first-order chi connectivity index (χ1) is 12.2. The van der Waals surface area contributed by atoms with Crippen molar-refractivity contribution in [2.75, 3.05) is 0 Å². The molecule has 0 aliphatic rings. The molecule has 3 aromatic carbocycles. The molecule has 0 aliphatic carbocycles. The van der Waals surface area contributed by atoms with Crippen LogP contribution >= 0.6 is 28.1 Å². The molecule has 0 amide bonds. The van der Waals surface area contributed by atoms with Gasteiger partial charge in [-0.3, -0.25) is 9.67 Å². The highest BCUT2D eigenvalue weighted by Gasteiger charge is 2.09. The Bertz CT molecular complexity index is 1090. The van der Waals surface area contributed by atoms with Crippen molar-refractivity contribution in [2.24, 2.45) is 0 Å². The summed E-state index contributed by atoms with van der Waals surface area (Å²) in [4.78, 5) is 0. The van der Waals surface area contributed by atoms with Crippen LogP contribution < -0.4 is 4.74 Å². The smallest absolute Gasteiger partial charge is 0.199 e. The van der Waals surface area contributed by atoms with Gasteiger partial charge in [0.25, 0.3) is 0 Å². The van der Waals surface area contributed by atoms with Gasteiger partial charge >= 0.3 is 0 Å². The van der Waals surface area contributed by atoms with Gasteiger partial charge < -0.3 is 4.74 Å². The van der Waals surface area contributed by atoms with Gasteiger partial charge in [0.1, 0.15) is 12.4 Å². The third kappa shape index (κ3) is 3.36. The first-order valence-electron chi connectivity index (χ1n) is 7.74. The van der Waals surface area contributed by atoms with Crippen molar-refractivity contribution in [3.63, 3.8) is 0 Å². The fourth-order valence-electron chi connectivity index (χ4n) is 2.70. The zero-order valence-corrected chi connectivity index (χ0v) is 15.5. The van der Waals surface area contributed by atoms with Gasteiger partial charge in [0, 0.05) is 10.2 Å². The van der Waals surface area contributed by atoms with Crippen LogP contribution in [0.2, 0.25) is 0 Å². The van der Waals surface area contributed by atoms with E-state index in [0.717, 1.165) is 32.5 Å². The van der Waals surface area contributed by atoms with Gasteiger partial charge in [0.15, 0.2) is 10.6 Å². The predicted octanol–water partition coefficient (Wildman–Crippen LogP) is 5.42. The summed E-state index contributed by atoms with van der Waals surface area (Å²) in [5, 5.41) is 9.42. The molecular weight excluding hydrogens is 398 g/mol. The molecular formula is C19H14BrN3OS. The van der Waals surface area contributed by atoms with Gasteiger partial charge in [0.2, 0.25) is 0 Å². The second-order valence-corrected chi connectivity index (χ2v) is 6.86. The zero-order valence-electron chi connectivity index (χ0n) is 13.1. The number of nitrogens with one attached hydrogen (secondary N) is 1. The number of aromatic amines is 1. The molecule has 0 spiro atoms. The lowest BCUT2D eigenvalue weighted by atomic mass is 10.1. The van der Waals surface area contributed by atoms with Crippen molar-refractivity contribution >= 4 is 38.9 Å². The highest BCUT2D eigenvalue weighted by Crippen LogP contribution is 2.24. The molecule has 1 heterocycles. The molecule has 6 heteroatoms. The number of H-pyrrole nitrogens is 1. The molecule has 1 aromatic heterocycles. The number of aromatic nitrogens is 3. The fourth-order valence-corrected chi connectivity index (χ4v) is 3.34. The Labute approximate surface area is 158 Å². The molecule has 0 saturated carbocycles. The summed E-state index contributed by atoms with van der Waals surface area (Å²) >= 11 is 8.84. The number of para-hydroxylation sites is 1. The van der Waals surface area contributed by atoms with E-state index in [4.69, 9.17) is 17.0 Å². The van der Waals surface area contributed by atoms with Crippen LogP contribution in [0.5, 0.6) is 5.75 Å². The molecule has 0 unspecified atom stereocenters. The van der Waals surface area contributed by atoms with Crippen molar-refractivity contribution in [1.82, 2.24) is 14.8 Å². The summed E-state index contributed by atoms with van der Waals surface area (Å²) in [6.07, 6.45) is 0. The summed E-state index contributed by atoms with van der Waals surface area (Å²) in [6, 6.07) is 22.1. The molecule has 124 valence electrons. The van der Waals surface area contributed by atoms with Gasteiger partial charge in [-0.1, -0.05) is 46.3 Å². The number of rotatable bonds is 4. The molecule has 0 fully saturated rings. The standard InChI is InChI=1S/C19H14BrN3OS/c20-15-8-6-14-11-17(9-7-13(14)10-15)24-12-18-21-22-19(25)23(18)16-4-2-1-3-5-16/h1-11H,12H2,(H,22,25). The second-order valence-electron chi connectivity index (χ2n) is 5.56. The largest absolute Gasteiger partial charge is 0.486 e. The molecule has 0 atom stereocenters. The minimum Gasteiger partial charge on any atom is -0.486 e. The van der Waals surface area contributed by atoms with Crippen LogP contribution in [-0.4, -0.2) is 14.8 Å². The van der Waals surface area contributed by atoms with Gasteiger partial charge in [0.05, 0.1) is 0 Å². The highest BCUT2D eigenvalue weighted by atomic mass is 79.9. The first-order valence-corrected chi connectivity index (χ1v) is 8.95. The van der Waals surface area contributed by atoms with Gasteiger partial charge in [-0.25, -0.2) is 0 Å². The number of nitrogens with zero attached hydrogens (tertiary/aromatic N) is 2. The Hall–Kier alpha value is -2.44. The van der Waals surface area contributed by atoms with Crippen LogP contribution in [0.15, 0.2) is 71.2 Å². The normalized spacial score (nSPS) is 10.9. The maximum atomic E-state index is 5.94. The average Bonchev–Trinajstić information content (AvgIpc) is 3.01. The molecule has 0 aliphatic heterocycles. The lowest BCUT2D eigenvalue weighted by Crippen LogP contribution is -2.05. The first kappa shape index (κ1) is 16.1. The summed E-state index contributed by atoms with van der Waals surface area (Å²) in [7, 11) is 0. The highest BCUT2D eigenvalue weighted by molar-refractivity contribution is 9.10. The summed E-state index contributed by atoms with van der Waals surface area (Å²) in [5.74, 6) is 1.52. The van der Waals surface area contributed by atoms with E-state index in [1.54, 1.807) is 0 Å². The molecule has 4 nitrogen and oxygen atoms in total. The minimum atomic E-state index is 0.323. The van der Waals surface area contributed by atoms with Crippen LogP contribution in [-0.2, 0) is 6.61 Å². The number of ether oxygens (including phenoxy) is 1. The Kier molecular flexibility index (Phi) is 4.38. The van der Waals surface area contributed by atoms with Crippen molar-refractivity contribution in [3.05, 3.63) is 81.8 Å². The quantitative estimate of drug-likeness (QED) is 0.455. The lowest BCUT2D eigenvalue weighted by molar-refractivity contribution is 0.293.